The molecular weight excluding hydrogens is 278 g/mol. The van der Waals surface area contributed by atoms with Crippen LogP contribution < -0.4 is 4.74 Å². The fourth-order valence-electron chi connectivity index (χ4n) is 2.20. The van der Waals surface area contributed by atoms with Crippen LogP contribution in [0.5, 0.6) is 5.75 Å². The Hall–Kier alpha value is -1.42. The van der Waals surface area contributed by atoms with E-state index < -0.39 is 5.60 Å². The van der Waals surface area contributed by atoms with Crippen LogP contribution in [0.1, 0.15) is 31.9 Å². The van der Waals surface area contributed by atoms with Crippen LogP contribution in [0.25, 0.3) is 0 Å². The summed E-state index contributed by atoms with van der Waals surface area (Å²) < 4.78 is 10.6. The van der Waals surface area contributed by atoms with Crippen molar-refractivity contribution >= 4 is 17.7 Å². The lowest BCUT2D eigenvalue weighted by molar-refractivity contribution is 0.0224. The molecule has 0 fully saturated rings. The minimum absolute atomic E-state index is 0.282. The Morgan fingerprint density at radius 2 is 2.00 bits per heavy atom. The zero-order valence-corrected chi connectivity index (χ0v) is 13.1. The molecule has 4 nitrogen and oxygen atoms in total. The van der Waals surface area contributed by atoms with Gasteiger partial charge in [0, 0.05) is 13.1 Å². The molecule has 0 unspecified atom stereocenters. The number of carbonyl (C=O) groups is 1. The van der Waals surface area contributed by atoms with Crippen LogP contribution in [-0.4, -0.2) is 30.2 Å². The van der Waals surface area contributed by atoms with Crippen molar-refractivity contribution in [2.24, 2.45) is 0 Å². The molecule has 1 aromatic rings. The zero-order valence-electron chi connectivity index (χ0n) is 12.3. The molecule has 0 atom stereocenters. The first kappa shape index (κ1) is 15.0. The smallest absolute Gasteiger partial charge is 0.410 e. The van der Waals surface area contributed by atoms with Crippen molar-refractivity contribution in [3.63, 3.8) is 0 Å². The molecule has 5 heteroatoms. The maximum absolute atomic E-state index is 12.1. The van der Waals surface area contributed by atoms with Gasteiger partial charge in [0.1, 0.15) is 11.4 Å². The van der Waals surface area contributed by atoms with Crippen LogP contribution in [-0.2, 0) is 17.7 Å². The molecule has 0 N–H and O–H groups in total. The third kappa shape index (κ3) is 3.37. The van der Waals surface area contributed by atoms with Gasteiger partial charge in [-0.25, -0.2) is 4.79 Å². The molecule has 1 amide bonds. The number of hydrogen-bond donors (Lipinski definition) is 0. The first-order chi connectivity index (χ1) is 9.30. The van der Waals surface area contributed by atoms with Gasteiger partial charge in [-0.05, 0) is 50.5 Å². The molecular formula is C15H20ClNO3. The second-order valence-corrected chi connectivity index (χ2v) is 6.31. The maximum atomic E-state index is 12.1. The molecule has 0 spiro atoms. The van der Waals surface area contributed by atoms with Crippen molar-refractivity contribution in [3.05, 3.63) is 28.3 Å². The number of fused-ring (bicyclic) bond motifs is 1. The standard InChI is InChI=1S/C15H20ClNO3/c1-15(2,3)20-14(18)17-6-5-10-8-13(19-4)12(16)7-11(10)9-17/h7-8H,5-6,9H2,1-4H3. The summed E-state index contributed by atoms with van der Waals surface area (Å²) in [5.74, 6) is 0.677. The van der Waals surface area contributed by atoms with Gasteiger partial charge < -0.3 is 14.4 Å². The van der Waals surface area contributed by atoms with Crippen LogP contribution in [0.4, 0.5) is 4.79 Å². The van der Waals surface area contributed by atoms with E-state index in [2.05, 4.69) is 0 Å². The molecule has 1 aliphatic rings. The van der Waals surface area contributed by atoms with E-state index in [4.69, 9.17) is 21.1 Å². The Morgan fingerprint density at radius 3 is 2.60 bits per heavy atom. The van der Waals surface area contributed by atoms with Crippen LogP contribution >= 0.6 is 11.6 Å². The van der Waals surface area contributed by atoms with Crippen LogP contribution in [0.2, 0.25) is 5.02 Å². The van der Waals surface area contributed by atoms with Crippen LogP contribution in [0, 0.1) is 0 Å². The summed E-state index contributed by atoms with van der Waals surface area (Å²) in [6.45, 7) is 6.76. The van der Waals surface area contributed by atoms with E-state index in [1.807, 2.05) is 32.9 Å². The van der Waals surface area contributed by atoms with Gasteiger partial charge in [0.2, 0.25) is 0 Å². The Balaban J connectivity index is 2.15. The fourth-order valence-corrected chi connectivity index (χ4v) is 2.46. The lowest BCUT2D eigenvalue weighted by Gasteiger charge is -2.31. The van der Waals surface area contributed by atoms with Crippen LogP contribution in [0.3, 0.4) is 0 Å². The number of rotatable bonds is 1. The number of nitrogens with zero attached hydrogens (tertiary/aromatic N) is 1. The highest BCUT2D eigenvalue weighted by Crippen LogP contribution is 2.31. The minimum Gasteiger partial charge on any atom is -0.495 e. The Morgan fingerprint density at radius 1 is 1.30 bits per heavy atom. The molecule has 1 aromatic carbocycles. The SMILES string of the molecule is COc1cc2c(cc1Cl)CN(C(=O)OC(C)(C)C)CC2. The Bertz CT molecular complexity index is 523. The molecule has 0 aliphatic carbocycles. The average molecular weight is 298 g/mol. The topological polar surface area (TPSA) is 38.8 Å². The van der Waals surface area contributed by atoms with Gasteiger partial charge in [-0.3, -0.25) is 0 Å². The van der Waals surface area contributed by atoms with E-state index >= 15 is 0 Å². The highest BCUT2D eigenvalue weighted by atomic mass is 35.5. The summed E-state index contributed by atoms with van der Waals surface area (Å²) in [6, 6.07) is 3.82. The first-order valence-electron chi connectivity index (χ1n) is 6.63. The van der Waals surface area contributed by atoms with Gasteiger partial charge in [0.25, 0.3) is 0 Å². The van der Waals surface area contributed by atoms with E-state index in [0.717, 1.165) is 12.0 Å². The normalized spacial score (nSPS) is 14.8. The number of benzene rings is 1. The predicted molar refractivity (Wildman–Crippen MR) is 78.4 cm³/mol. The van der Waals surface area contributed by atoms with E-state index in [0.29, 0.717) is 23.9 Å². The summed E-state index contributed by atoms with van der Waals surface area (Å²) in [6.07, 6.45) is 0.498. The average Bonchev–Trinajstić information content (AvgIpc) is 2.35. The number of halogens is 1. The number of carbonyl (C=O) groups excluding carboxylic acids is 1. The summed E-state index contributed by atoms with van der Waals surface area (Å²) >= 11 is 6.14. The second-order valence-electron chi connectivity index (χ2n) is 5.91. The summed E-state index contributed by atoms with van der Waals surface area (Å²) in [7, 11) is 1.60. The largest absolute Gasteiger partial charge is 0.495 e. The van der Waals surface area contributed by atoms with Crippen molar-refractivity contribution < 1.29 is 14.3 Å². The van der Waals surface area contributed by atoms with Gasteiger partial charge in [-0.1, -0.05) is 11.6 Å². The number of hydrogen-bond acceptors (Lipinski definition) is 3. The minimum atomic E-state index is -0.477. The number of amides is 1. The zero-order chi connectivity index (χ0) is 14.9. The van der Waals surface area contributed by atoms with Gasteiger partial charge in [-0.15, -0.1) is 0 Å². The quantitative estimate of drug-likeness (QED) is 0.794. The van der Waals surface area contributed by atoms with Crippen LogP contribution in [0.15, 0.2) is 12.1 Å². The third-order valence-electron chi connectivity index (χ3n) is 3.14. The molecule has 1 aliphatic heterocycles. The summed E-state index contributed by atoms with van der Waals surface area (Å²) in [5.41, 5.74) is 1.74. The second kappa shape index (κ2) is 5.52. The molecule has 110 valence electrons. The number of methoxy groups -OCH3 is 1. The van der Waals surface area contributed by atoms with Gasteiger partial charge in [0.15, 0.2) is 0 Å². The van der Waals surface area contributed by atoms with Crippen molar-refractivity contribution in [3.8, 4) is 5.75 Å². The van der Waals surface area contributed by atoms with Crippen molar-refractivity contribution in [2.75, 3.05) is 13.7 Å². The molecule has 0 aromatic heterocycles. The lowest BCUT2D eigenvalue weighted by atomic mass is 9.99. The van der Waals surface area contributed by atoms with E-state index in [1.165, 1.54) is 5.56 Å². The number of ether oxygens (including phenoxy) is 2. The molecule has 0 radical (unpaired) electrons. The molecule has 20 heavy (non-hydrogen) atoms. The Kier molecular flexibility index (Phi) is 4.14. The monoisotopic (exact) mass is 297 g/mol. The van der Waals surface area contributed by atoms with E-state index in [9.17, 15) is 4.79 Å². The molecule has 0 bridgehead atoms. The molecule has 2 rings (SSSR count). The molecule has 0 saturated heterocycles. The highest BCUT2D eigenvalue weighted by molar-refractivity contribution is 6.32. The van der Waals surface area contributed by atoms with E-state index in [-0.39, 0.29) is 6.09 Å². The van der Waals surface area contributed by atoms with Gasteiger partial charge >= 0.3 is 6.09 Å². The van der Waals surface area contributed by atoms with Gasteiger partial charge in [0.05, 0.1) is 12.1 Å². The molecule has 1 heterocycles. The third-order valence-corrected chi connectivity index (χ3v) is 3.43. The molecule has 0 saturated carbocycles. The summed E-state index contributed by atoms with van der Waals surface area (Å²) in [5, 5.41) is 0.567. The first-order valence-corrected chi connectivity index (χ1v) is 7.01. The fraction of sp³-hybridized carbons (Fsp3) is 0.533. The van der Waals surface area contributed by atoms with E-state index in [1.54, 1.807) is 12.0 Å². The van der Waals surface area contributed by atoms with Crippen molar-refractivity contribution in [2.45, 2.75) is 39.3 Å². The Labute approximate surface area is 124 Å². The maximum Gasteiger partial charge on any atom is 0.410 e. The van der Waals surface area contributed by atoms with Gasteiger partial charge in [-0.2, -0.15) is 0 Å². The van der Waals surface area contributed by atoms with Crippen molar-refractivity contribution in [1.82, 2.24) is 4.90 Å². The summed E-state index contributed by atoms with van der Waals surface area (Å²) in [4.78, 5) is 13.8. The highest BCUT2D eigenvalue weighted by Gasteiger charge is 2.26. The lowest BCUT2D eigenvalue weighted by Crippen LogP contribution is -2.39. The van der Waals surface area contributed by atoms with Crippen molar-refractivity contribution in [1.29, 1.82) is 0 Å². The predicted octanol–water partition coefficient (Wildman–Crippen LogP) is 3.64.